The molecule has 0 radical (unpaired) electrons. The maximum atomic E-state index is 3.70. The van der Waals surface area contributed by atoms with Gasteiger partial charge in [0, 0.05) is 18.1 Å². The molecule has 0 aromatic carbocycles. The second kappa shape index (κ2) is 8.23. The van der Waals surface area contributed by atoms with Crippen molar-refractivity contribution in [2.24, 2.45) is 0 Å². The number of hydrogen-bond donors (Lipinski definition) is 2. The fourth-order valence-corrected chi connectivity index (χ4v) is 3.59. The lowest BCUT2D eigenvalue weighted by Crippen LogP contribution is -2.40. The summed E-state index contributed by atoms with van der Waals surface area (Å²) in [4.78, 5) is 2.67. The molecular formula is C16H33N3. The molecule has 0 aliphatic carbocycles. The van der Waals surface area contributed by atoms with Crippen LogP contribution in [0.5, 0.6) is 0 Å². The van der Waals surface area contributed by atoms with E-state index >= 15 is 0 Å². The first-order chi connectivity index (χ1) is 9.25. The molecule has 0 bridgehead atoms. The lowest BCUT2D eigenvalue weighted by atomic mass is 10.0. The molecule has 0 spiro atoms. The number of likely N-dealkylation sites (tertiary alicyclic amines) is 1. The number of piperidine rings is 1. The summed E-state index contributed by atoms with van der Waals surface area (Å²) < 4.78 is 0. The van der Waals surface area contributed by atoms with E-state index < -0.39 is 0 Å². The van der Waals surface area contributed by atoms with Crippen LogP contribution in [0.25, 0.3) is 0 Å². The molecule has 3 atom stereocenters. The van der Waals surface area contributed by atoms with Gasteiger partial charge in [-0.15, -0.1) is 0 Å². The average molecular weight is 267 g/mol. The van der Waals surface area contributed by atoms with E-state index in [9.17, 15) is 0 Å². The molecule has 2 aliphatic heterocycles. The minimum absolute atomic E-state index is 0.661. The summed E-state index contributed by atoms with van der Waals surface area (Å²) in [5.41, 5.74) is 0. The fourth-order valence-electron chi connectivity index (χ4n) is 3.59. The summed E-state index contributed by atoms with van der Waals surface area (Å²) in [6, 6.07) is 2.24. The van der Waals surface area contributed by atoms with Crippen LogP contribution in [0.1, 0.15) is 58.8 Å². The molecule has 19 heavy (non-hydrogen) atoms. The van der Waals surface area contributed by atoms with E-state index in [1.54, 1.807) is 0 Å². The van der Waals surface area contributed by atoms with Gasteiger partial charge < -0.3 is 15.5 Å². The van der Waals surface area contributed by atoms with E-state index in [2.05, 4.69) is 29.4 Å². The third-order valence-corrected chi connectivity index (χ3v) is 4.86. The van der Waals surface area contributed by atoms with Crippen molar-refractivity contribution in [3.63, 3.8) is 0 Å². The van der Waals surface area contributed by atoms with E-state index in [1.807, 2.05) is 0 Å². The molecule has 2 rings (SSSR count). The Labute approximate surface area is 119 Å². The normalized spacial score (nSPS) is 30.6. The highest BCUT2D eigenvalue weighted by Gasteiger charge is 2.18. The van der Waals surface area contributed by atoms with Gasteiger partial charge in [0.1, 0.15) is 0 Å². The lowest BCUT2D eigenvalue weighted by molar-refractivity contribution is 0.158. The second-order valence-electron chi connectivity index (χ2n) is 6.62. The Morgan fingerprint density at radius 1 is 1.26 bits per heavy atom. The first-order valence-electron chi connectivity index (χ1n) is 8.46. The smallest absolute Gasteiger partial charge is 0.00822 e. The lowest BCUT2D eigenvalue weighted by Gasteiger charge is -2.33. The number of nitrogens with zero attached hydrogens (tertiary/aromatic N) is 1. The molecule has 2 heterocycles. The summed E-state index contributed by atoms with van der Waals surface area (Å²) in [7, 11) is 0. The van der Waals surface area contributed by atoms with Gasteiger partial charge in [0.2, 0.25) is 0 Å². The van der Waals surface area contributed by atoms with Crippen molar-refractivity contribution in [2.75, 3.05) is 26.2 Å². The van der Waals surface area contributed by atoms with Crippen molar-refractivity contribution in [1.29, 1.82) is 0 Å². The summed E-state index contributed by atoms with van der Waals surface area (Å²) in [5, 5.41) is 7.28. The molecule has 2 N–H and O–H groups in total. The summed E-state index contributed by atoms with van der Waals surface area (Å²) in [6.45, 7) is 9.73. The van der Waals surface area contributed by atoms with Crippen LogP contribution in [-0.4, -0.2) is 49.2 Å². The molecule has 3 nitrogen and oxygen atoms in total. The Morgan fingerprint density at radius 3 is 2.89 bits per heavy atom. The highest BCUT2D eigenvalue weighted by atomic mass is 15.2. The third kappa shape index (κ3) is 5.41. The Balaban J connectivity index is 1.50. The standard InChI is InChI=1S/C16H33N3/c1-14(13-16-8-5-9-18-16)17-10-6-12-19-11-4-3-7-15(19)2/h14-18H,3-13H2,1-2H3. The van der Waals surface area contributed by atoms with Crippen molar-refractivity contribution >= 4 is 0 Å². The molecule has 0 aromatic heterocycles. The van der Waals surface area contributed by atoms with Crippen molar-refractivity contribution in [3.8, 4) is 0 Å². The van der Waals surface area contributed by atoms with E-state index in [-0.39, 0.29) is 0 Å². The van der Waals surface area contributed by atoms with Crippen LogP contribution >= 0.6 is 0 Å². The molecule has 0 aromatic rings. The Kier molecular flexibility index (Phi) is 6.62. The van der Waals surface area contributed by atoms with E-state index in [1.165, 1.54) is 71.1 Å². The highest BCUT2D eigenvalue weighted by molar-refractivity contribution is 4.79. The highest BCUT2D eigenvalue weighted by Crippen LogP contribution is 2.16. The Morgan fingerprint density at radius 2 is 2.16 bits per heavy atom. The average Bonchev–Trinajstić information content (AvgIpc) is 2.89. The van der Waals surface area contributed by atoms with Crippen molar-refractivity contribution in [1.82, 2.24) is 15.5 Å². The predicted molar refractivity (Wildman–Crippen MR) is 82.6 cm³/mol. The topological polar surface area (TPSA) is 27.3 Å². The van der Waals surface area contributed by atoms with Crippen LogP contribution in [0.15, 0.2) is 0 Å². The maximum Gasteiger partial charge on any atom is 0.00822 e. The molecule has 2 aliphatic rings. The van der Waals surface area contributed by atoms with E-state index in [4.69, 9.17) is 0 Å². The molecular weight excluding hydrogens is 234 g/mol. The molecule has 3 heteroatoms. The molecule has 2 saturated heterocycles. The summed E-state index contributed by atoms with van der Waals surface area (Å²) >= 11 is 0. The zero-order valence-electron chi connectivity index (χ0n) is 13.0. The molecule has 3 unspecified atom stereocenters. The quantitative estimate of drug-likeness (QED) is 0.694. The summed E-state index contributed by atoms with van der Waals surface area (Å²) in [6.07, 6.45) is 9.56. The second-order valence-corrected chi connectivity index (χ2v) is 6.62. The van der Waals surface area contributed by atoms with Gasteiger partial charge in [0.25, 0.3) is 0 Å². The predicted octanol–water partition coefficient (Wildman–Crippen LogP) is 2.37. The van der Waals surface area contributed by atoms with E-state index in [0.29, 0.717) is 6.04 Å². The van der Waals surface area contributed by atoms with Gasteiger partial charge in [-0.25, -0.2) is 0 Å². The minimum atomic E-state index is 0.661. The number of rotatable bonds is 7. The van der Waals surface area contributed by atoms with Gasteiger partial charge in [0.05, 0.1) is 0 Å². The fraction of sp³-hybridized carbons (Fsp3) is 1.00. The van der Waals surface area contributed by atoms with Gasteiger partial charge in [0.15, 0.2) is 0 Å². The van der Waals surface area contributed by atoms with Crippen LogP contribution in [0.4, 0.5) is 0 Å². The number of nitrogens with one attached hydrogen (secondary N) is 2. The number of hydrogen-bond acceptors (Lipinski definition) is 3. The zero-order chi connectivity index (χ0) is 13.5. The largest absolute Gasteiger partial charge is 0.314 e. The van der Waals surface area contributed by atoms with Gasteiger partial charge in [-0.3, -0.25) is 0 Å². The van der Waals surface area contributed by atoms with Crippen LogP contribution in [0, 0.1) is 0 Å². The van der Waals surface area contributed by atoms with Gasteiger partial charge in [-0.05, 0) is 78.6 Å². The van der Waals surface area contributed by atoms with Crippen LogP contribution in [0.2, 0.25) is 0 Å². The maximum absolute atomic E-state index is 3.70. The molecule has 0 saturated carbocycles. The van der Waals surface area contributed by atoms with E-state index in [0.717, 1.165) is 12.1 Å². The minimum Gasteiger partial charge on any atom is -0.314 e. The zero-order valence-corrected chi connectivity index (χ0v) is 13.0. The third-order valence-electron chi connectivity index (χ3n) is 4.86. The molecule has 112 valence electrons. The van der Waals surface area contributed by atoms with Crippen molar-refractivity contribution in [3.05, 3.63) is 0 Å². The monoisotopic (exact) mass is 267 g/mol. The van der Waals surface area contributed by atoms with Crippen molar-refractivity contribution < 1.29 is 0 Å². The Bertz CT molecular complexity index is 238. The first-order valence-corrected chi connectivity index (χ1v) is 8.46. The van der Waals surface area contributed by atoms with Crippen LogP contribution in [0.3, 0.4) is 0 Å². The Hall–Kier alpha value is -0.120. The van der Waals surface area contributed by atoms with Gasteiger partial charge in [-0.2, -0.15) is 0 Å². The van der Waals surface area contributed by atoms with Gasteiger partial charge in [-0.1, -0.05) is 6.42 Å². The SMILES string of the molecule is CC(CC1CCCN1)NCCCN1CCCCC1C. The molecule has 2 fully saturated rings. The van der Waals surface area contributed by atoms with Gasteiger partial charge >= 0.3 is 0 Å². The van der Waals surface area contributed by atoms with Crippen LogP contribution < -0.4 is 10.6 Å². The summed E-state index contributed by atoms with van der Waals surface area (Å²) in [5.74, 6) is 0. The molecule has 0 amide bonds. The first kappa shape index (κ1) is 15.3. The van der Waals surface area contributed by atoms with Crippen molar-refractivity contribution in [2.45, 2.75) is 76.9 Å². The van der Waals surface area contributed by atoms with Crippen LogP contribution in [-0.2, 0) is 0 Å².